The number of esters is 1. The van der Waals surface area contributed by atoms with Gasteiger partial charge in [-0.1, -0.05) is 61.0 Å². The number of nitrogens with one attached hydrogen (secondary N) is 1. The number of carbonyl (C=O) groups excluding carboxylic acids is 2. The number of nitrogens with zero attached hydrogens (tertiary/aromatic N) is 1. The van der Waals surface area contributed by atoms with Crippen molar-refractivity contribution in [3.63, 3.8) is 0 Å². The lowest BCUT2D eigenvalue weighted by molar-refractivity contribution is -0.120. The summed E-state index contributed by atoms with van der Waals surface area (Å²) < 4.78 is 5.04. The molecule has 188 valence electrons. The van der Waals surface area contributed by atoms with Crippen molar-refractivity contribution in [3.05, 3.63) is 100 Å². The Labute approximate surface area is 218 Å². The van der Waals surface area contributed by atoms with Gasteiger partial charge in [0.1, 0.15) is 0 Å². The number of ether oxygens (including phenoxy) is 1. The van der Waals surface area contributed by atoms with Crippen molar-refractivity contribution >= 4 is 29.2 Å². The average Bonchev–Trinajstić information content (AvgIpc) is 2.88. The van der Waals surface area contributed by atoms with E-state index in [9.17, 15) is 9.59 Å². The van der Waals surface area contributed by atoms with Gasteiger partial charge >= 0.3 is 5.97 Å². The predicted octanol–water partition coefficient (Wildman–Crippen LogP) is 6.20. The fraction of sp³-hybridized carbons (Fsp3) is 0.333. The van der Waals surface area contributed by atoms with E-state index in [-0.39, 0.29) is 24.3 Å². The zero-order valence-electron chi connectivity index (χ0n) is 20.9. The summed E-state index contributed by atoms with van der Waals surface area (Å²) in [6, 6.07) is 22.6. The number of anilines is 1. The number of benzene rings is 3. The van der Waals surface area contributed by atoms with Gasteiger partial charge in [0.25, 0.3) is 0 Å². The first-order valence-electron chi connectivity index (χ1n) is 12.6. The molecule has 3 aromatic rings. The fourth-order valence-corrected chi connectivity index (χ4v) is 4.99. The summed E-state index contributed by atoms with van der Waals surface area (Å²) >= 11 is 6.48. The Kier molecular flexibility index (Phi) is 8.65. The lowest BCUT2D eigenvalue weighted by Gasteiger charge is -2.35. The van der Waals surface area contributed by atoms with E-state index in [2.05, 4.69) is 23.2 Å². The van der Waals surface area contributed by atoms with Gasteiger partial charge in [-0.2, -0.15) is 0 Å². The molecule has 1 fully saturated rings. The minimum absolute atomic E-state index is 0.106. The first-order valence-corrected chi connectivity index (χ1v) is 13.0. The van der Waals surface area contributed by atoms with E-state index in [0.29, 0.717) is 23.1 Å². The van der Waals surface area contributed by atoms with Crippen molar-refractivity contribution in [1.29, 1.82) is 0 Å². The average molecular weight is 505 g/mol. The Morgan fingerprint density at radius 2 is 1.83 bits per heavy atom. The summed E-state index contributed by atoms with van der Waals surface area (Å²) in [5.41, 5.74) is 4.40. The lowest BCUT2D eigenvalue weighted by atomic mass is 9.93. The number of rotatable bonds is 8. The van der Waals surface area contributed by atoms with Crippen LogP contribution in [0.3, 0.4) is 0 Å². The van der Waals surface area contributed by atoms with E-state index < -0.39 is 0 Å². The fourth-order valence-electron chi connectivity index (χ4n) is 4.81. The Morgan fingerprint density at radius 3 is 2.53 bits per heavy atom. The van der Waals surface area contributed by atoms with E-state index in [1.54, 1.807) is 31.2 Å². The van der Waals surface area contributed by atoms with Crippen molar-refractivity contribution in [2.45, 2.75) is 39.2 Å². The van der Waals surface area contributed by atoms with Crippen molar-refractivity contribution in [2.24, 2.45) is 5.92 Å². The highest BCUT2D eigenvalue weighted by atomic mass is 35.5. The van der Waals surface area contributed by atoms with Crippen LogP contribution in [0.4, 0.5) is 5.69 Å². The first kappa shape index (κ1) is 25.8. The molecule has 1 amide bonds. The first-order chi connectivity index (χ1) is 17.4. The van der Waals surface area contributed by atoms with Crippen molar-refractivity contribution in [1.82, 2.24) is 5.32 Å². The minimum Gasteiger partial charge on any atom is -0.462 e. The second kappa shape index (κ2) is 12.1. The number of hydrogen-bond donors (Lipinski definition) is 1. The van der Waals surface area contributed by atoms with Gasteiger partial charge in [0.15, 0.2) is 0 Å². The van der Waals surface area contributed by atoms with E-state index in [4.69, 9.17) is 16.3 Å². The molecule has 1 saturated heterocycles. The van der Waals surface area contributed by atoms with Crippen molar-refractivity contribution in [3.8, 4) is 0 Å². The van der Waals surface area contributed by atoms with Crippen LogP contribution in [0.25, 0.3) is 0 Å². The van der Waals surface area contributed by atoms with Crippen LogP contribution in [0.2, 0.25) is 5.02 Å². The molecule has 1 N–H and O–H groups in total. The van der Waals surface area contributed by atoms with E-state index in [1.165, 1.54) is 6.42 Å². The van der Waals surface area contributed by atoms with Gasteiger partial charge in [0, 0.05) is 29.4 Å². The van der Waals surface area contributed by atoms with Gasteiger partial charge in [-0.05, 0) is 67.1 Å². The summed E-state index contributed by atoms with van der Waals surface area (Å²) in [5.74, 6) is 0.147. The largest absolute Gasteiger partial charge is 0.462 e. The molecule has 2 unspecified atom stereocenters. The quantitative estimate of drug-likeness (QED) is 0.371. The SMILES string of the molecule is CCOC(=O)c1ccc(CC(=O)NC(c2ccccc2)c2cc(Cl)ccc2N2CCCC(C)C2)cc1. The number of piperidine rings is 1. The molecule has 0 aliphatic carbocycles. The van der Waals surface area contributed by atoms with Gasteiger partial charge in [0.2, 0.25) is 5.91 Å². The lowest BCUT2D eigenvalue weighted by Crippen LogP contribution is -2.37. The predicted molar refractivity (Wildman–Crippen MR) is 145 cm³/mol. The van der Waals surface area contributed by atoms with E-state index in [1.807, 2.05) is 42.5 Å². The molecule has 1 aliphatic rings. The third kappa shape index (κ3) is 6.46. The normalized spacial score (nSPS) is 16.3. The number of carbonyl (C=O) groups is 2. The maximum atomic E-state index is 13.3. The topological polar surface area (TPSA) is 58.6 Å². The van der Waals surface area contributed by atoms with Crippen LogP contribution in [-0.2, 0) is 16.0 Å². The molecule has 6 heteroatoms. The third-order valence-electron chi connectivity index (χ3n) is 6.57. The van der Waals surface area contributed by atoms with Gasteiger partial charge < -0.3 is 15.0 Å². The second-order valence-corrected chi connectivity index (χ2v) is 9.84. The van der Waals surface area contributed by atoms with Crippen LogP contribution in [0.15, 0.2) is 72.8 Å². The molecule has 4 rings (SSSR count). The summed E-state index contributed by atoms with van der Waals surface area (Å²) in [7, 11) is 0. The number of hydrogen-bond acceptors (Lipinski definition) is 4. The molecule has 2 atom stereocenters. The zero-order valence-corrected chi connectivity index (χ0v) is 21.6. The monoisotopic (exact) mass is 504 g/mol. The van der Waals surface area contributed by atoms with Crippen LogP contribution in [0, 0.1) is 5.92 Å². The molecular weight excluding hydrogens is 472 g/mol. The molecule has 5 nitrogen and oxygen atoms in total. The van der Waals surface area contributed by atoms with Crippen LogP contribution < -0.4 is 10.2 Å². The highest BCUT2D eigenvalue weighted by Crippen LogP contribution is 2.35. The Balaban J connectivity index is 1.60. The molecule has 3 aromatic carbocycles. The number of halogens is 1. The van der Waals surface area contributed by atoms with Crippen molar-refractivity contribution < 1.29 is 14.3 Å². The smallest absolute Gasteiger partial charge is 0.338 e. The Hall–Kier alpha value is -3.31. The highest BCUT2D eigenvalue weighted by Gasteiger charge is 2.25. The third-order valence-corrected chi connectivity index (χ3v) is 6.80. The Bertz CT molecular complexity index is 1180. The highest BCUT2D eigenvalue weighted by molar-refractivity contribution is 6.30. The summed E-state index contributed by atoms with van der Waals surface area (Å²) in [6.07, 6.45) is 2.57. The second-order valence-electron chi connectivity index (χ2n) is 9.40. The van der Waals surface area contributed by atoms with Crippen LogP contribution in [0.1, 0.15) is 59.8 Å². The minimum atomic E-state index is -0.363. The molecule has 1 aliphatic heterocycles. The van der Waals surface area contributed by atoms with Crippen LogP contribution in [0.5, 0.6) is 0 Å². The van der Waals surface area contributed by atoms with Crippen LogP contribution in [-0.4, -0.2) is 31.6 Å². The van der Waals surface area contributed by atoms with E-state index >= 15 is 0 Å². The summed E-state index contributed by atoms with van der Waals surface area (Å²) in [5, 5.41) is 3.90. The van der Waals surface area contributed by atoms with Gasteiger partial charge in [-0.3, -0.25) is 4.79 Å². The summed E-state index contributed by atoms with van der Waals surface area (Å²) in [4.78, 5) is 27.6. The molecule has 0 radical (unpaired) electrons. The molecular formula is C30H33ClN2O3. The molecule has 0 saturated carbocycles. The maximum absolute atomic E-state index is 13.3. The molecule has 36 heavy (non-hydrogen) atoms. The molecule has 1 heterocycles. The standard InChI is InChI=1S/C30H33ClN2O3/c1-3-36-30(35)24-13-11-22(12-14-24)18-28(34)32-29(23-9-5-4-6-10-23)26-19-25(31)15-16-27(26)33-17-7-8-21(2)20-33/h4-6,9-16,19,21,29H,3,7-8,17-18,20H2,1-2H3,(H,32,34). The maximum Gasteiger partial charge on any atom is 0.338 e. The van der Waals surface area contributed by atoms with E-state index in [0.717, 1.165) is 41.9 Å². The Morgan fingerprint density at radius 1 is 1.08 bits per heavy atom. The molecule has 0 spiro atoms. The van der Waals surface area contributed by atoms with Gasteiger partial charge in [-0.15, -0.1) is 0 Å². The van der Waals surface area contributed by atoms with Gasteiger partial charge in [0.05, 0.1) is 24.6 Å². The van der Waals surface area contributed by atoms with Crippen LogP contribution >= 0.6 is 11.6 Å². The molecule has 0 bridgehead atoms. The summed E-state index contributed by atoms with van der Waals surface area (Å²) in [6.45, 7) is 6.35. The number of amides is 1. The van der Waals surface area contributed by atoms with Gasteiger partial charge in [-0.25, -0.2) is 4.79 Å². The van der Waals surface area contributed by atoms with Crippen molar-refractivity contribution in [2.75, 3.05) is 24.6 Å². The molecule has 0 aromatic heterocycles. The zero-order chi connectivity index (χ0) is 25.5.